The van der Waals surface area contributed by atoms with Crippen molar-refractivity contribution in [1.82, 2.24) is 15.5 Å². The maximum atomic E-state index is 12.7. The van der Waals surface area contributed by atoms with E-state index >= 15 is 0 Å². The van der Waals surface area contributed by atoms with Gasteiger partial charge in [-0.2, -0.15) is 0 Å². The summed E-state index contributed by atoms with van der Waals surface area (Å²) >= 11 is 0. The highest BCUT2D eigenvalue weighted by molar-refractivity contribution is 14.0. The standard InChI is InChI=1S/C25H37N5O2.HI/c1-26-25(29-22-13-14-30(17-22)24(32)20-10-4-5-11-20)27-16-18-7-6-12-21(15-18)28-23(31)19-8-2-3-9-19;/h6-7,12,15,19-20,22H,2-5,8-11,13-14,16-17H2,1H3,(H,28,31)(H2,26,27,29);1H. The highest BCUT2D eigenvalue weighted by atomic mass is 127. The first-order valence-electron chi connectivity index (χ1n) is 12.3. The molecule has 0 spiro atoms. The van der Waals surface area contributed by atoms with Crippen LogP contribution in [0.3, 0.4) is 0 Å². The van der Waals surface area contributed by atoms with Crippen molar-refractivity contribution in [2.24, 2.45) is 16.8 Å². The number of carbonyl (C=O) groups excluding carboxylic acids is 2. The number of anilines is 1. The SMILES string of the molecule is CN=C(NCc1cccc(NC(=O)C2CCCC2)c1)NC1CCN(C(=O)C2CCCC2)C1.I. The summed E-state index contributed by atoms with van der Waals surface area (Å²) in [6, 6.07) is 8.20. The summed E-state index contributed by atoms with van der Waals surface area (Å²) in [5, 5.41) is 9.91. The van der Waals surface area contributed by atoms with E-state index in [-0.39, 0.29) is 47.8 Å². The molecule has 8 heteroatoms. The van der Waals surface area contributed by atoms with Crippen LogP contribution in [-0.2, 0) is 16.1 Å². The first-order chi connectivity index (χ1) is 15.6. The predicted molar refractivity (Wildman–Crippen MR) is 143 cm³/mol. The van der Waals surface area contributed by atoms with Gasteiger partial charge in [0.1, 0.15) is 0 Å². The molecule has 3 aliphatic rings. The summed E-state index contributed by atoms with van der Waals surface area (Å²) in [4.78, 5) is 31.5. The number of carbonyl (C=O) groups is 2. The minimum absolute atomic E-state index is 0. The van der Waals surface area contributed by atoms with Gasteiger partial charge in [0.05, 0.1) is 0 Å². The quantitative estimate of drug-likeness (QED) is 0.277. The van der Waals surface area contributed by atoms with E-state index in [1.807, 2.05) is 29.2 Å². The van der Waals surface area contributed by atoms with Gasteiger partial charge in [-0.15, -0.1) is 24.0 Å². The summed E-state index contributed by atoms with van der Waals surface area (Å²) in [6.45, 7) is 2.19. The topological polar surface area (TPSA) is 85.8 Å². The average molecular weight is 568 g/mol. The van der Waals surface area contributed by atoms with Gasteiger partial charge in [-0.1, -0.05) is 37.8 Å². The molecule has 0 radical (unpaired) electrons. The fourth-order valence-corrected chi connectivity index (χ4v) is 5.27. The zero-order chi connectivity index (χ0) is 22.3. The predicted octanol–water partition coefficient (Wildman–Crippen LogP) is 3.89. The van der Waals surface area contributed by atoms with Crippen molar-refractivity contribution >= 4 is 47.4 Å². The number of hydrogen-bond acceptors (Lipinski definition) is 3. The molecule has 1 unspecified atom stereocenters. The number of hydrogen-bond donors (Lipinski definition) is 3. The Balaban J connectivity index is 0.00000306. The Morgan fingerprint density at radius 3 is 2.42 bits per heavy atom. The van der Waals surface area contributed by atoms with Gasteiger partial charge in [0.25, 0.3) is 0 Å². The van der Waals surface area contributed by atoms with Crippen LogP contribution in [-0.4, -0.2) is 48.9 Å². The monoisotopic (exact) mass is 567 g/mol. The second kappa shape index (κ2) is 12.6. The smallest absolute Gasteiger partial charge is 0.227 e. The van der Waals surface area contributed by atoms with Gasteiger partial charge < -0.3 is 20.9 Å². The molecule has 7 nitrogen and oxygen atoms in total. The summed E-state index contributed by atoms with van der Waals surface area (Å²) in [6.07, 6.45) is 9.74. The van der Waals surface area contributed by atoms with Crippen molar-refractivity contribution in [3.63, 3.8) is 0 Å². The van der Waals surface area contributed by atoms with Gasteiger partial charge >= 0.3 is 0 Å². The number of nitrogens with one attached hydrogen (secondary N) is 3. The van der Waals surface area contributed by atoms with Crippen LogP contribution in [0.5, 0.6) is 0 Å². The maximum absolute atomic E-state index is 12.7. The lowest BCUT2D eigenvalue weighted by molar-refractivity contribution is -0.134. The van der Waals surface area contributed by atoms with Crippen LogP contribution in [0.25, 0.3) is 0 Å². The highest BCUT2D eigenvalue weighted by Gasteiger charge is 2.32. The Morgan fingerprint density at radius 1 is 1.03 bits per heavy atom. The summed E-state index contributed by atoms with van der Waals surface area (Å²) < 4.78 is 0. The number of guanidine groups is 1. The minimum atomic E-state index is 0. The molecule has 1 aromatic rings. The van der Waals surface area contributed by atoms with Crippen LogP contribution in [0.2, 0.25) is 0 Å². The molecule has 3 N–H and O–H groups in total. The molecule has 33 heavy (non-hydrogen) atoms. The van der Waals surface area contributed by atoms with Gasteiger partial charge in [-0.3, -0.25) is 14.6 Å². The molecule has 1 aliphatic heterocycles. The molecule has 2 saturated carbocycles. The summed E-state index contributed by atoms with van der Waals surface area (Å²) in [5.74, 6) is 1.62. The Hall–Kier alpha value is -1.84. The molecule has 1 heterocycles. The van der Waals surface area contributed by atoms with Crippen molar-refractivity contribution in [1.29, 1.82) is 0 Å². The zero-order valence-electron chi connectivity index (χ0n) is 19.6. The van der Waals surface area contributed by atoms with Gasteiger partial charge in [-0.25, -0.2) is 0 Å². The fourth-order valence-electron chi connectivity index (χ4n) is 5.27. The molecule has 1 aromatic carbocycles. The second-order valence-corrected chi connectivity index (χ2v) is 9.49. The van der Waals surface area contributed by atoms with E-state index in [0.717, 1.165) is 75.2 Å². The van der Waals surface area contributed by atoms with Gasteiger partial charge in [0.2, 0.25) is 11.8 Å². The van der Waals surface area contributed by atoms with E-state index in [2.05, 4.69) is 20.9 Å². The van der Waals surface area contributed by atoms with Crippen LogP contribution < -0.4 is 16.0 Å². The van der Waals surface area contributed by atoms with Crippen molar-refractivity contribution in [2.45, 2.75) is 70.4 Å². The van der Waals surface area contributed by atoms with E-state index in [4.69, 9.17) is 0 Å². The number of halogens is 1. The van der Waals surface area contributed by atoms with Crippen molar-refractivity contribution < 1.29 is 9.59 Å². The van der Waals surface area contributed by atoms with Gasteiger partial charge in [-0.05, 0) is 49.8 Å². The van der Waals surface area contributed by atoms with Crippen LogP contribution in [0.1, 0.15) is 63.4 Å². The molecule has 2 amide bonds. The van der Waals surface area contributed by atoms with E-state index in [1.54, 1.807) is 7.05 Å². The lowest BCUT2D eigenvalue weighted by atomic mass is 10.1. The van der Waals surface area contributed by atoms with E-state index in [9.17, 15) is 9.59 Å². The molecule has 4 rings (SSSR count). The lowest BCUT2D eigenvalue weighted by Gasteiger charge is -2.21. The highest BCUT2D eigenvalue weighted by Crippen LogP contribution is 2.28. The second-order valence-electron chi connectivity index (χ2n) is 9.49. The van der Waals surface area contributed by atoms with E-state index < -0.39 is 0 Å². The molecule has 3 fully saturated rings. The van der Waals surface area contributed by atoms with Crippen molar-refractivity contribution in [2.75, 3.05) is 25.5 Å². The van der Waals surface area contributed by atoms with Crippen molar-refractivity contribution in [3.8, 4) is 0 Å². The number of rotatable bonds is 6. The van der Waals surface area contributed by atoms with Crippen molar-refractivity contribution in [3.05, 3.63) is 29.8 Å². The Bertz CT molecular complexity index is 834. The third-order valence-electron chi connectivity index (χ3n) is 7.15. The van der Waals surface area contributed by atoms with E-state index in [0.29, 0.717) is 12.5 Å². The number of benzene rings is 1. The van der Waals surface area contributed by atoms with E-state index in [1.165, 1.54) is 12.8 Å². The van der Waals surface area contributed by atoms with Crippen LogP contribution >= 0.6 is 24.0 Å². The molecule has 0 aromatic heterocycles. The third-order valence-corrected chi connectivity index (χ3v) is 7.15. The maximum Gasteiger partial charge on any atom is 0.227 e. The normalized spacial score (nSPS) is 21.7. The van der Waals surface area contributed by atoms with Gasteiger partial charge in [0, 0.05) is 50.2 Å². The minimum Gasteiger partial charge on any atom is -0.352 e. The molecule has 182 valence electrons. The van der Waals surface area contributed by atoms with Crippen LogP contribution in [0.4, 0.5) is 5.69 Å². The average Bonchev–Trinajstić information content (AvgIpc) is 3.58. The third kappa shape index (κ3) is 7.07. The zero-order valence-corrected chi connectivity index (χ0v) is 22.0. The first-order valence-corrected chi connectivity index (χ1v) is 12.3. The molecule has 1 atom stereocenters. The number of amides is 2. The number of aliphatic imine (C=N–C) groups is 1. The molecular formula is C25H38IN5O2. The number of likely N-dealkylation sites (tertiary alicyclic amines) is 1. The Kier molecular flexibility index (Phi) is 9.82. The lowest BCUT2D eigenvalue weighted by Crippen LogP contribution is -2.45. The molecule has 2 aliphatic carbocycles. The number of nitrogens with zero attached hydrogens (tertiary/aromatic N) is 2. The first kappa shape index (κ1) is 25.8. The molecule has 1 saturated heterocycles. The Labute approximate surface area is 214 Å². The van der Waals surface area contributed by atoms with Gasteiger partial charge in [0.15, 0.2) is 5.96 Å². The Morgan fingerprint density at radius 2 is 1.73 bits per heavy atom. The fraction of sp³-hybridized carbons (Fsp3) is 0.640. The largest absolute Gasteiger partial charge is 0.352 e. The molecular weight excluding hydrogens is 529 g/mol. The summed E-state index contributed by atoms with van der Waals surface area (Å²) in [5.41, 5.74) is 1.93. The van der Waals surface area contributed by atoms with Crippen LogP contribution in [0.15, 0.2) is 29.3 Å². The summed E-state index contributed by atoms with van der Waals surface area (Å²) in [7, 11) is 1.77. The molecule has 0 bridgehead atoms. The van der Waals surface area contributed by atoms with Crippen LogP contribution in [0, 0.1) is 11.8 Å².